The van der Waals surface area contributed by atoms with Crippen molar-refractivity contribution in [1.82, 2.24) is 20.0 Å². The topological polar surface area (TPSA) is 67.2 Å². The first kappa shape index (κ1) is 23.9. The van der Waals surface area contributed by atoms with Crippen molar-refractivity contribution in [3.05, 3.63) is 65.6 Å². The molecule has 2 heterocycles. The number of hydrogen-bond acceptors (Lipinski definition) is 3. The summed E-state index contributed by atoms with van der Waals surface area (Å²) in [7, 11) is 0. The Balaban J connectivity index is 1.62. The van der Waals surface area contributed by atoms with Gasteiger partial charge in [0.2, 0.25) is 5.91 Å². The fourth-order valence-corrected chi connectivity index (χ4v) is 4.33. The van der Waals surface area contributed by atoms with Gasteiger partial charge >= 0.3 is 0 Å². The van der Waals surface area contributed by atoms with Gasteiger partial charge in [0.15, 0.2) is 5.69 Å². The molecule has 1 saturated heterocycles. The molecule has 1 aliphatic heterocycles. The number of nitrogens with zero attached hydrogens (tertiary/aromatic N) is 3. The molecule has 0 aliphatic carbocycles. The van der Waals surface area contributed by atoms with Crippen LogP contribution in [0.15, 0.2) is 48.5 Å². The van der Waals surface area contributed by atoms with Crippen molar-refractivity contribution in [2.24, 2.45) is 5.41 Å². The van der Waals surface area contributed by atoms with Crippen molar-refractivity contribution in [1.29, 1.82) is 0 Å². The van der Waals surface area contributed by atoms with Gasteiger partial charge in [-0.05, 0) is 42.0 Å². The third-order valence-corrected chi connectivity index (χ3v) is 6.18. The average Bonchev–Trinajstić information content (AvgIpc) is 3.16. The van der Waals surface area contributed by atoms with E-state index in [1.165, 1.54) is 17.0 Å². The lowest BCUT2D eigenvalue weighted by atomic mass is 9.85. The fraction of sp³-hybridized carbons (Fsp3) is 0.423. The van der Waals surface area contributed by atoms with E-state index in [9.17, 15) is 18.4 Å². The fourth-order valence-electron chi connectivity index (χ4n) is 4.33. The van der Waals surface area contributed by atoms with Gasteiger partial charge in [-0.3, -0.25) is 14.3 Å². The highest BCUT2D eigenvalue weighted by Crippen LogP contribution is 2.25. The lowest BCUT2D eigenvalue weighted by Gasteiger charge is -2.37. The minimum absolute atomic E-state index is 0.0521. The van der Waals surface area contributed by atoms with E-state index < -0.39 is 23.5 Å². The van der Waals surface area contributed by atoms with E-state index >= 15 is 0 Å². The molecule has 2 aromatic carbocycles. The molecule has 4 rings (SSSR count). The Kier molecular flexibility index (Phi) is 6.68. The molecule has 1 fully saturated rings. The number of alkyl halides is 1. The van der Waals surface area contributed by atoms with Gasteiger partial charge in [0.1, 0.15) is 18.0 Å². The first-order valence-corrected chi connectivity index (χ1v) is 11.6. The molecule has 0 bridgehead atoms. The van der Waals surface area contributed by atoms with Crippen LogP contribution < -0.4 is 5.32 Å². The predicted molar refractivity (Wildman–Crippen MR) is 127 cm³/mol. The van der Waals surface area contributed by atoms with Crippen molar-refractivity contribution in [3.63, 3.8) is 0 Å². The molecule has 180 valence electrons. The van der Waals surface area contributed by atoms with Gasteiger partial charge in [-0.1, -0.05) is 51.1 Å². The number of amides is 2. The van der Waals surface area contributed by atoms with Gasteiger partial charge < -0.3 is 10.2 Å². The first-order chi connectivity index (χ1) is 16.1. The number of nitrogens with one attached hydrogen (secondary N) is 1. The minimum atomic E-state index is -1.04. The first-order valence-electron chi connectivity index (χ1n) is 11.6. The molecule has 1 N–H and O–H groups in total. The van der Waals surface area contributed by atoms with Crippen LogP contribution in [-0.2, 0) is 11.3 Å². The number of carbonyl (C=O) groups excluding carboxylic acids is 2. The van der Waals surface area contributed by atoms with E-state index in [4.69, 9.17) is 0 Å². The van der Waals surface area contributed by atoms with E-state index in [0.717, 1.165) is 11.1 Å². The summed E-state index contributed by atoms with van der Waals surface area (Å²) >= 11 is 0. The Hall–Kier alpha value is -3.29. The van der Waals surface area contributed by atoms with E-state index in [2.05, 4.69) is 10.4 Å². The van der Waals surface area contributed by atoms with Crippen molar-refractivity contribution >= 4 is 22.7 Å². The smallest absolute Gasteiger partial charge is 0.273 e. The van der Waals surface area contributed by atoms with Crippen molar-refractivity contribution in [2.75, 3.05) is 13.1 Å². The molecule has 1 aliphatic rings. The third-order valence-electron chi connectivity index (χ3n) is 6.18. The Morgan fingerprint density at radius 3 is 2.53 bits per heavy atom. The van der Waals surface area contributed by atoms with E-state index in [1.54, 1.807) is 16.8 Å². The number of benzene rings is 2. The van der Waals surface area contributed by atoms with Crippen LogP contribution in [0.5, 0.6) is 0 Å². The Morgan fingerprint density at radius 2 is 1.85 bits per heavy atom. The Labute approximate surface area is 197 Å². The zero-order valence-electron chi connectivity index (χ0n) is 19.7. The second kappa shape index (κ2) is 9.52. The lowest BCUT2D eigenvalue weighted by molar-refractivity contribution is -0.138. The molecule has 34 heavy (non-hydrogen) atoms. The molecule has 0 radical (unpaired) electrons. The lowest BCUT2D eigenvalue weighted by Crippen LogP contribution is -2.56. The maximum Gasteiger partial charge on any atom is 0.273 e. The average molecular weight is 469 g/mol. The van der Waals surface area contributed by atoms with Crippen LogP contribution in [0.25, 0.3) is 10.9 Å². The van der Waals surface area contributed by atoms with Crippen LogP contribution in [0.2, 0.25) is 0 Å². The molecule has 1 aromatic heterocycles. The number of fused-ring (bicyclic) bond motifs is 1. The number of likely N-dealkylation sites (tertiary alicyclic amines) is 1. The molecule has 2 atom stereocenters. The van der Waals surface area contributed by atoms with E-state index in [0.29, 0.717) is 31.3 Å². The summed E-state index contributed by atoms with van der Waals surface area (Å²) in [5.74, 6) is -1.06. The molecule has 3 aromatic rings. The van der Waals surface area contributed by atoms with Crippen molar-refractivity contribution < 1.29 is 18.4 Å². The number of hydrogen-bond donors (Lipinski definition) is 1. The maximum absolute atomic E-state index is 13.9. The normalized spacial score (nSPS) is 17.6. The number of piperidine rings is 1. The summed E-state index contributed by atoms with van der Waals surface area (Å²) in [6.45, 7) is 6.52. The Morgan fingerprint density at radius 1 is 1.15 bits per heavy atom. The number of para-hydroxylation sites is 1. The highest BCUT2D eigenvalue weighted by atomic mass is 19.1. The van der Waals surface area contributed by atoms with Crippen LogP contribution in [0, 0.1) is 11.2 Å². The predicted octanol–water partition coefficient (Wildman–Crippen LogP) is 4.33. The molecular weight excluding hydrogens is 438 g/mol. The van der Waals surface area contributed by atoms with E-state index in [-0.39, 0.29) is 24.0 Å². The molecular formula is C26H30F2N4O2. The molecule has 0 saturated carbocycles. The van der Waals surface area contributed by atoms with Gasteiger partial charge in [0, 0.05) is 11.9 Å². The third kappa shape index (κ3) is 5.11. The number of rotatable bonds is 5. The zero-order valence-corrected chi connectivity index (χ0v) is 19.7. The summed E-state index contributed by atoms with van der Waals surface area (Å²) in [5, 5.41) is 8.09. The second-order valence-electron chi connectivity index (χ2n) is 9.95. The number of aromatic nitrogens is 2. The molecule has 0 spiro atoms. The van der Waals surface area contributed by atoms with E-state index in [1.807, 2.05) is 45.0 Å². The summed E-state index contributed by atoms with van der Waals surface area (Å²) < 4.78 is 28.9. The quantitative estimate of drug-likeness (QED) is 0.606. The summed E-state index contributed by atoms with van der Waals surface area (Å²) in [5.41, 5.74) is 1.23. The molecule has 2 amide bonds. The monoisotopic (exact) mass is 468 g/mol. The standard InChI is InChI=1S/C26H30F2N4O2/c1-26(2,3)23(25(34)31-14-6-7-19(28)16-31)29-24(33)22-20-8-4-5-9-21(20)32(30-22)15-17-10-12-18(27)13-11-17/h4-5,8-13,19,23H,6-7,14-16H2,1-3H3,(H,29,33). The van der Waals surface area contributed by atoms with Gasteiger partial charge in [-0.25, -0.2) is 8.78 Å². The molecule has 6 nitrogen and oxygen atoms in total. The zero-order chi connectivity index (χ0) is 24.5. The summed E-state index contributed by atoms with van der Waals surface area (Å²) in [6, 6.07) is 12.7. The molecule has 2 unspecified atom stereocenters. The second-order valence-corrected chi connectivity index (χ2v) is 9.95. The highest BCUT2D eigenvalue weighted by Gasteiger charge is 2.38. The SMILES string of the molecule is CC(C)(C)C(NC(=O)c1nn(Cc2ccc(F)cc2)c2ccccc12)C(=O)N1CCCC(F)C1. The van der Waals surface area contributed by atoms with Gasteiger partial charge in [-0.15, -0.1) is 0 Å². The highest BCUT2D eigenvalue weighted by molar-refractivity contribution is 6.06. The van der Waals surface area contributed by atoms with Crippen LogP contribution in [0.3, 0.4) is 0 Å². The van der Waals surface area contributed by atoms with Crippen molar-refractivity contribution in [2.45, 2.75) is 52.4 Å². The van der Waals surface area contributed by atoms with Gasteiger partial charge in [-0.2, -0.15) is 5.10 Å². The summed E-state index contributed by atoms with van der Waals surface area (Å²) in [6.07, 6.45) is 0.0179. The summed E-state index contributed by atoms with van der Waals surface area (Å²) in [4.78, 5) is 28.2. The van der Waals surface area contributed by atoms with Crippen LogP contribution in [-0.4, -0.2) is 51.8 Å². The molecule has 8 heteroatoms. The van der Waals surface area contributed by atoms with Crippen LogP contribution in [0.1, 0.15) is 49.7 Å². The van der Waals surface area contributed by atoms with Crippen molar-refractivity contribution in [3.8, 4) is 0 Å². The maximum atomic E-state index is 13.9. The van der Waals surface area contributed by atoms with Gasteiger partial charge in [0.05, 0.1) is 18.6 Å². The Bertz CT molecular complexity index is 1180. The minimum Gasteiger partial charge on any atom is -0.338 e. The van der Waals surface area contributed by atoms with Crippen LogP contribution in [0.4, 0.5) is 8.78 Å². The largest absolute Gasteiger partial charge is 0.338 e. The number of halogens is 2. The van der Waals surface area contributed by atoms with Crippen LogP contribution >= 0.6 is 0 Å². The van der Waals surface area contributed by atoms with Gasteiger partial charge in [0.25, 0.3) is 5.91 Å². The number of carbonyl (C=O) groups is 2.